The molecule has 5 nitrogen and oxygen atoms in total. The Kier molecular flexibility index (Phi) is 5.75. The average Bonchev–Trinajstić information content (AvgIpc) is 2.86. The number of carbonyl (C=O) groups excluding carboxylic acids is 1. The van der Waals surface area contributed by atoms with Gasteiger partial charge in [-0.15, -0.1) is 0 Å². The minimum Gasteiger partial charge on any atom is -0.374 e. The van der Waals surface area contributed by atoms with Gasteiger partial charge in [-0.2, -0.15) is 0 Å². The number of aliphatic hydroxyl groups excluding tert-OH is 1. The second-order valence-corrected chi connectivity index (χ2v) is 8.13. The molecule has 2 rings (SSSR count). The molecule has 5 heteroatoms. The summed E-state index contributed by atoms with van der Waals surface area (Å²) in [7, 11) is 0. The molecule has 1 spiro atoms. The Hall–Kier alpha value is -0.650. The maximum atomic E-state index is 11.9. The van der Waals surface area contributed by atoms with Gasteiger partial charge in [0, 0.05) is 19.3 Å². The number of hydrogen-bond donors (Lipinski definition) is 1. The minimum atomic E-state index is -0.792. The van der Waals surface area contributed by atoms with Gasteiger partial charge in [0.1, 0.15) is 12.3 Å². The first kappa shape index (κ1) is 18.7. The average molecular weight is 327 g/mol. The molecular weight excluding hydrogens is 294 g/mol. The van der Waals surface area contributed by atoms with E-state index in [1.165, 1.54) is 4.90 Å². The van der Waals surface area contributed by atoms with Crippen molar-refractivity contribution in [2.24, 2.45) is 11.3 Å². The summed E-state index contributed by atoms with van der Waals surface area (Å²) in [6.07, 6.45) is 3.51. The van der Waals surface area contributed by atoms with Crippen molar-refractivity contribution in [3.05, 3.63) is 0 Å². The Bertz CT molecular complexity index is 408. The molecule has 134 valence electrons. The number of nitrogens with zero attached hydrogens (tertiary/aromatic N) is 1. The lowest BCUT2D eigenvalue weighted by atomic mass is 9.71. The van der Waals surface area contributed by atoms with Gasteiger partial charge in [0.2, 0.25) is 5.91 Å². The maximum absolute atomic E-state index is 11.9. The summed E-state index contributed by atoms with van der Waals surface area (Å²) in [4.78, 5) is 13.4. The van der Waals surface area contributed by atoms with Crippen molar-refractivity contribution < 1.29 is 19.4 Å². The minimum absolute atomic E-state index is 0.0546. The SMILES string of the molecule is CCC(=O)N(CC1COC2(CCC(C(C)(C)C)CC2)O1)C(C)O. The van der Waals surface area contributed by atoms with E-state index in [-0.39, 0.29) is 12.0 Å². The third kappa shape index (κ3) is 4.46. The van der Waals surface area contributed by atoms with E-state index in [9.17, 15) is 9.90 Å². The maximum Gasteiger partial charge on any atom is 0.224 e. The van der Waals surface area contributed by atoms with Crippen LogP contribution in [0.5, 0.6) is 0 Å². The highest BCUT2D eigenvalue weighted by Crippen LogP contribution is 2.45. The molecule has 2 atom stereocenters. The van der Waals surface area contributed by atoms with Crippen LogP contribution in [-0.2, 0) is 14.3 Å². The van der Waals surface area contributed by atoms with E-state index in [1.54, 1.807) is 13.8 Å². The lowest BCUT2D eigenvalue weighted by Crippen LogP contribution is -2.45. The van der Waals surface area contributed by atoms with Crippen molar-refractivity contribution in [3.8, 4) is 0 Å². The summed E-state index contributed by atoms with van der Waals surface area (Å²) in [6.45, 7) is 11.2. The molecule has 0 radical (unpaired) electrons. The molecule has 23 heavy (non-hydrogen) atoms. The molecule has 0 aromatic rings. The van der Waals surface area contributed by atoms with Crippen LogP contribution in [-0.4, -0.2) is 47.2 Å². The Labute approximate surface area is 140 Å². The standard InChI is InChI=1S/C18H33NO4/c1-6-16(21)19(13(2)20)11-15-12-22-18(23-15)9-7-14(8-10-18)17(3,4)5/h13-15,20H,6-12H2,1-5H3. The second kappa shape index (κ2) is 7.08. The van der Waals surface area contributed by atoms with E-state index in [1.807, 2.05) is 0 Å². The molecule has 1 heterocycles. The second-order valence-electron chi connectivity index (χ2n) is 8.13. The van der Waals surface area contributed by atoms with Gasteiger partial charge in [-0.3, -0.25) is 4.79 Å². The van der Waals surface area contributed by atoms with Gasteiger partial charge in [-0.1, -0.05) is 27.7 Å². The predicted molar refractivity (Wildman–Crippen MR) is 88.7 cm³/mol. The van der Waals surface area contributed by atoms with Gasteiger partial charge in [0.15, 0.2) is 5.79 Å². The molecule has 2 aliphatic rings. The quantitative estimate of drug-likeness (QED) is 0.807. The molecule has 1 aliphatic carbocycles. The fourth-order valence-electron chi connectivity index (χ4n) is 3.78. The highest BCUT2D eigenvalue weighted by molar-refractivity contribution is 5.76. The molecule has 0 aromatic carbocycles. The molecule has 2 unspecified atom stereocenters. The summed E-state index contributed by atoms with van der Waals surface area (Å²) in [5.41, 5.74) is 0.330. The van der Waals surface area contributed by atoms with Crippen LogP contribution in [0.4, 0.5) is 0 Å². The summed E-state index contributed by atoms with van der Waals surface area (Å²) in [5, 5.41) is 9.81. The predicted octanol–water partition coefficient (Wildman–Crippen LogP) is 2.91. The van der Waals surface area contributed by atoms with Crippen molar-refractivity contribution in [2.75, 3.05) is 13.2 Å². The number of hydrogen-bond acceptors (Lipinski definition) is 4. The summed E-state index contributed by atoms with van der Waals surface area (Å²) >= 11 is 0. The van der Waals surface area contributed by atoms with Crippen LogP contribution in [0, 0.1) is 11.3 Å². The van der Waals surface area contributed by atoms with Crippen molar-refractivity contribution in [3.63, 3.8) is 0 Å². The van der Waals surface area contributed by atoms with Crippen LogP contribution in [0.2, 0.25) is 0 Å². The Morgan fingerprint density at radius 3 is 2.43 bits per heavy atom. The van der Waals surface area contributed by atoms with Crippen molar-refractivity contribution in [1.82, 2.24) is 4.90 Å². The highest BCUT2D eigenvalue weighted by Gasteiger charge is 2.46. The molecule has 0 aromatic heterocycles. The molecule has 1 saturated carbocycles. The van der Waals surface area contributed by atoms with Crippen LogP contribution >= 0.6 is 0 Å². The zero-order valence-corrected chi connectivity index (χ0v) is 15.3. The van der Waals surface area contributed by atoms with Crippen LogP contribution < -0.4 is 0 Å². The van der Waals surface area contributed by atoms with E-state index < -0.39 is 12.0 Å². The zero-order valence-electron chi connectivity index (χ0n) is 15.3. The molecule has 1 aliphatic heterocycles. The molecule has 2 fully saturated rings. The van der Waals surface area contributed by atoms with Gasteiger partial charge in [-0.05, 0) is 31.1 Å². The van der Waals surface area contributed by atoms with E-state index in [0.717, 1.165) is 25.7 Å². The van der Waals surface area contributed by atoms with Gasteiger partial charge in [0.25, 0.3) is 0 Å². The summed E-state index contributed by atoms with van der Waals surface area (Å²) in [6, 6.07) is 0. The normalized spacial score (nSPS) is 33.0. The lowest BCUT2D eigenvalue weighted by molar-refractivity contribution is -0.199. The molecule has 0 bridgehead atoms. The topological polar surface area (TPSA) is 59.0 Å². The van der Waals surface area contributed by atoms with E-state index in [0.29, 0.717) is 30.9 Å². The van der Waals surface area contributed by atoms with Crippen LogP contribution in [0.1, 0.15) is 66.7 Å². The third-order valence-electron chi connectivity index (χ3n) is 5.36. The highest BCUT2D eigenvalue weighted by atomic mass is 16.7. The third-order valence-corrected chi connectivity index (χ3v) is 5.36. The Balaban J connectivity index is 1.90. The molecule has 1 amide bonds. The van der Waals surface area contributed by atoms with E-state index in [2.05, 4.69) is 20.8 Å². The van der Waals surface area contributed by atoms with Crippen molar-refractivity contribution in [2.45, 2.75) is 84.8 Å². The molecule has 1 saturated heterocycles. The van der Waals surface area contributed by atoms with Crippen molar-refractivity contribution >= 4 is 5.91 Å². The van der Waals surface area contributed by atoms with Crippen molar-refractivity contribution in [1.29, 1.82) is 0 Å². The smallest absolute Gasteiger partial charge is 0.224 e. The fraction of sp³-hybridized carbons (Fsp3) is 0.944. The van der Waals surface area contributed by atoms with Crippen LogP contribution in [0.25, 0.3) is 0 Å². The van der Waals surface area contributed by atoms with Gasteiger partial charge >= 0.3 is 0 Å². The molecule has 1 N–H and O–H groups in total. The van der Waals surface area contributed by atoms with Gasteiger partial charge in [-0.25, -0.2) is 0 Å². The summed E-state index contributed by atoms with van der Waals surface area (Å²) < 4.78 is 12.2. The Morgan fingerprint density at radius 1 is 1.35 bits per heavy atom. The number of amides is 1. The fourth-order valence-corrected chi connectivity index (χ4v) is 3.78. The van der Waals surface area contributed by atoms with Gasteiger partial charge in [0.05, 0.1) is 13.2 Å². The number of carbonyl (C=O) groups is 1. The zero-order chi connectivity index (χ0) is 17.3. The summed E-state index contributed by atoms with van der Waals surface area (Å²) in [5.74, 6) is 0.183. The number of aliphatic hydroxyl groups is 1. The molecular formula is C18H33NO4. The lowest BCUT2D eigenvalue weighted by Gasteiger charge is -2.41. The first-order valence-electron chi connectivity index (χ1n) is 8.96. The number of rotatable bonds is 4. The first-order chi connectivity index (χ1) is 10.7. The van der Waals surface area contributed by atoms with E-state index >= 15 is 0 Å². The first-order valence-corrected chi connectivity index (χ1v) is 8.96. The number of ether oxygens (including phenoxy) is 2. The largest absolute Gasteiger partial charge is 0.374 e. The Morgan fingerprint density at radius 2 is 1.96 bits per heavy atom. The van der Waals surface area contributed by atoms with E-state index in [4.69, 9.17) is 9.47 Å². The van der Waals surface area contributed by atoms with Gasteiger partial charge < -0.3 is 19.5 Å². The monoisotopic (exact) mass is 327 g/mol. The van der Waals surface area contributed by atoms with Crippen LogP contribution in [0.15, 0.2) is 0 Å². The van der Waals surface area contributed by atoms with Crippen LogP contribution in [0.3, 0.4) is 0 Å².